The molecule has 0 aromatic rings. The number of hydrogen-bond donors (Lipinski definition) is 4. The first-order chi connectivity index (χ1) is 15.6. The van der Waals surface area contributed by atoms with Gasteiger partial charge < -0.3 is 21.1 Å². The number of rotatable bonds is 6. The first-order valence-corrected chi connectivity index (χ1v) is 14.5. The molecule has 4 aliphatic carbocycles. The standard InChI is InChI=1S/C30H55NO3/c1-19(2)9-8-10-20(3)23-11-12-24-22-18-29(33,26(4,5)31)30(34)17-21(32)13-16-28(30,7)25(22)14-15-27(23,24)6/h19-25,32-34H,8-18,31H2,1-7H3/t20-,21+,22+,23-,24+,25+,27-,28-,29-,30-/m1/s1. The fourth-order valence-electron chi connectivity index (χ4n) is 10.2. The summed E-state index contributed by atoms with van der Waals surface area (Å²) in [7, 11) is 0. The molecule has 0 aromatic carbocycles. The summed E-state index contributed by atoms with van der Waals surface area (Å²) in [4.78, 5) is 0. The van der Waals surface area contributed by atoms with E-state index in [0.29, 0.717) is 36.0 Å². The van der Waals surface area contributed by atoms with E-state index < -0.39 is 28.3 Å². The molecule has 0 bridgehead atoms. The average Bonchev–Trinajstić information content (AvgIpc) is 3.07. The van der Waals surface area contributed by atoms with Gasteiger partial charge in [0, 0.05) is 17.4 Å². The second kappa shape index (κ2) is 8.71. The predicted molar refractivity (Wildman–Crippen MR) is 139 cm³/mol. The quantitative estimate of drug-likeness (QED) is 0.397. The summed E-state index contributed by atoms with van der Waals surface area (Å²) in [6, 6.07) is 0. The molecule has 4 aliphatic rings. The first kappa shape index (κ1) is 26.9. The maximum Gasteiger partial charge on any atom is 0.111 e. The van der Waals surface area contributed by atoms with Crippen LogP contribution in [0.3, 0.4) is 0 Å². The number of aliphatic hydroxyl groups is 3. The van der Waals surface area contributed by atoms with E-state index >= 15 is 0 Å². The molecule has 4 heteroatoms. The van der Waals surface area contributed by atoms with Crippen LogP contribution in [0.15, 0.2) is 0 Å². The van der Waals surface area contributed by atoms with Gasteiger partial charge in [-0.1, -0.05) is 53.9 Å². The van der Waals surface area contributed by atoms with Crippen molar-refractivity contribution < 1.29 is 15.3 Å². The SMILES string of the molecule is CC(C)CCC[C@@H](C)[C@H]1CC[C@H]2[C@@H]3C[C@@](O)(C(C)(C)N)[C@@]4(O)C[C@@H](O)CC[C@]4(C)[C@H]3CC[C@]12C. The predicted octanol–water partition coefficient (Wildman–Crippen LogP) is 5.66. The van der Waals surface area contributed by atoms with E-state index in [1.54, 1.807) is 0 Å². The van der Waals surface area contributed by atoms with Crippen LogP contribution in [0.4, 0.5) is 0 Å². The van der Waals surface area contributed by atoms with Crippen LogP contribution < -0.4 is 5.73 Å². The Morgan fingerprint density at radius 1 is 0.912 bits per heavy atom. The Bertz CT molecular complexity index is 748. The minimum atomic E-state index is -1.41. The van der Waals surface area contributed by atoms with Crippen molar-refractivity contribution in [2.45, 2.75) is 142 Å². The van der Waals surface area contributed by atoms with E-state index in [2.05, 4.69) is 34.6 Å². The number of hydrogen-bond acceptors (Lipinski definition) is 4. The highest BCUT2D eigenvalue weighted by atomic mass is 16.4. The van der Waals surface area contributed by atoms with Gasteiger partial charge in [0.2, 0.25) is 0 Å². The zero-order valence-electron chi connectivity index (χ0n) is 23.2. The average molecular weight is 478 g/mol. The van der Waals surface area contributed by atoms with Gasteiger partial charge >= 0.3 is 0 Å². The lowest BCUT2D eigenvalue weighted by atomic mass is 9.38. The molecule has 0 amide bonds. The van der Waals surface area contributed by atoms with E-state index in [1.807, 2.05) is 13.8 Å². The third-order valence-electron chi connectivity index (χ3n) is 12.2. The molecule has 4 rings (SSSR count). The van der Waals surface area contributed by atoms with Crippen molar-refractivity contribution in [2.24, 2.45) is 52.1 Å². The van der Waals surface area contributed by atoms with Gasteiger partial charge in [-0.2, -0.15) is 0 Å². The summed E-state index contributed by atoms with van der Waals surface area (Å²) in [5.74, 6) is 3.65. The Labute approximate surface area is 209 Å². The minimum Gasteiger partial charge on any atom is -0.393 e. The number of nitrogens with two attached hydrogens (primary N) is 1. The molecular formula is C30H55NO3. The normalized spacial score (nSPS) is 49.9. The lowest BCUT2D eigenvalue weighted by molar-refractivity contribution is -0.321. The summed E-state index contributed by atoms with van der Waals surface area (Å²) >= 11 is 0. The van der Waals surface area contributed by atoms with Crippen molar-refractivity contribution in [3.05, 3.63) is 0 Å². The van der Waals surface area contributed by atoms with Crippen LogP contribution in [-0.4, -0.2) is 38.2 Å². The molecule has 10 atom stereocenters. The Balaban J connectivity index is 1.66. The highest BCUT2D eigenvalue weighted by molar-refractivity contribution is 5.26. The Hall–Kier alpha value is -0.160. The van der Waals surface area contributed by atoms with Crippen LogP contribution in [0.2, 0.25) is 0 Å². The van der Waals surface area contributed by atoms with Gasteiger partial charge in [0.1, 0.15) is 11.2 Å². The van der Waals surface area contributed by atoms with Crippen molar-refractivity contribution >= 4 is 0 Å². The van der Waals surface area contributed by atoms with Gasteiger partial charge in [-0.15, -0.1) is 0 Å². The molecule has 34 heavy (non-hydrogen) atoms. The van der Waals surface area contributed by atoms with Crippen LogP contribution in [0.25, 0.3) is 0 Å². The third-order valence-corrected chi connectivity index (χ3v) is 12.2. The molecule has 0 radical (unpaired) electrons. The molecule has 0 heterocycles. The van der Waals surface area contributed by atoms with Crippen LogP contribution in [0.1, 0.15) is 119 Å². The molecule has 4 nitrogen and oxygen atoms in total. The molecule has 198 valence electrons. The zero-order chi connectivity index (χ0) is 25.3. The topological polar surface area (TPSA) is 86.7 Å². The highest BCUT2D eigenvalue weighted by Gasteiger charge is 2.74. The third kappa shape index (κ3) is 3.75. The molecular weight excluding hydrogens is 422 g/mol. The van der Waals surface area contributed by atoms with E-state index in [0.717, 1.165) is 30.6 Å². The Morgan fingerprint density at radius 3 is 2.21 bits per heavy atom. The van der Waals surface area contributed by atoms with E-state index in [1.165, 1.54) is 38.5 Å². The lowest BCUT2D eigenvalue weighted by Gasteiger charge is -2.71. The van der Waals surface area contributed by atoms with Crippen molar-refractivity contribution in [3.63, 3.8) is 0 Å². The second-order valence-corrected chi connectivity index (χ2v) is 14.9. The molecule has 0 unspecified atom stereocenters. The molecule has 4 saturated carbocycles. The van der Waals surface area contributed by atoms with Crippen molar-refractivity contribution in [1.29, 1.82) is 0 Å². The fourth-order valence-corrected chi connectivity index (χ4v) is 10.2. The van der Waals surface area contributed by atoms with Crippen molar-refractivity contribution in [2.75, 3.05) is 0 Å². The van der Waals surface area contributed by atoms with Gasteiger partial charge in [-0.3, -0.25) is 0 Å². The van der Waals surface area contributed by atoms with Crippen LogP contribution in [-0.2, 0) is 0 Å². The summed E-state index contributed by atoms with van der Waals surface area (Å²) in [5.41, 5.74) is 2.90. The van der Waals surface area contributed by atoms with Crippen LogP contribution >= 0.6 is 0 Å². The van der Waals surface area contributed by atoms with E-state index in [9.17, 15) is 15.3 Å². The van der Waals surface area contributed by atoms with Crippen LogP contribution in [0.5, 0.6) is 0 Å². The Kier molecular flexibility index (Phi) is 6.89. The molecule has 0 aliphatic heterocycles. The largest absolute Gasteiger partial charge is 0.393 e. The van der Waals surface area contributed by atoms with Gasteiger partial charge in [0.15, 0.2) is 0 Å². The lowest BCUT2D eigenvalue weighted by Crippen LogP contribution is -2.80. The van der Waals surface area contributed by atoms with Crippen LogP contribution in [0, 0.1) is 46.3 Å². The van der Waals surface area contributed by atoms with Gasteiger partial charge in [-0.05, 0) is 99.7 Å². The Morgan fingerprint density at radius 2 is 1.59 bits per heavy atom. The van der Waals surface area contributed by atoms with Gasteiger partial charge in [-0.25, -0.2) is 0 Å². The highest BCUT2D eigenvalue weighted by Crippen LogP contribution is 2.71. The smallest absolute Gasteiger partial charge is 0.111 e. The maximum absolute atomic E-state index is 12.3. The second-order valence-electron chi connectivity index (χ2n) is 14.9. The van der Waals surface area contributed by atoms with Gasteiger partial charge in [0.25, 0.3) is 0 Å². The molecule has 0 saturated heterocycles. The summed E-state index contributed by atoms with van der Waals surface area (Å²) in [6.07, 6.45) is 10.6. The maximum atomic E-state index is 12.3. The summed E-state index contributed by atoms with van der Waals surface area (Å²) in [5, 5.41) is 35.3. The number of fused-ring (bicyclic) bond motifs is 5. The monoisotopic (exact) mass is 477 g/mol. The molecule has 0 aromatic heterocycles. The summed E-state index contributed by atoms with van der Waals surface area (Å²) < 4.78 is 0. The summed E-state index contributed by atoms with van der Waals surface area (Å²) in [6.45, 7) is 15.7. The molecule has 5 N–H and O–H groups in total. The molecule has 4 fully saturated rings. The van der Waals surface area contributed by atoms with E-state index in [4.69, 9.17) is 5.73 Å². The van der Waals surface area contributed by atoms with Crippen molar-refractivity contribution in [1.82, 2.24) is 0 Å². The van der Waals surface area contributed by atoms with Gasteiger partial charge in [0.05, 0.1) is 6.10 Å². The minimum absolute atomic E-state index is 0.237. The zero-order valence-corrected chi connectivity index (χ0v) is 23.2. The molecule has 0 spiro atoms. The number of aliphatic hydroxyl groups excluding tert-OH is 1. The van der Waals surface area contributed by atoms with E-state index in [-0.39, 0.29) is 6.42 Å². The fraction of sp³-hybridized carbons (Fsp3) is 1.00. The van der Waals surface area contributed by atoms with Crippen molar-refractivity contribution in [3.8, 4) is 0 Å². The first-order valence-electron chi connectivity index (χ1n) is 14.5.